The average molecular weight is 355 g/mol. The normalized spacial score (nSPS) is 10.8. The van der Waals surface area contributed by atoms with Crippen LogP contribution >= 0.6 is 0 Å². The topological polar surface area (TPSA) is 72.2 Å². The Morgan fingerprint density at radius 1 is 0.600 bits per heavy atom. The molecule has 0 unspecified atom stereocenters. The zero-order valence-corrected chi connectivity index (χ0v) is 16.6. The van der Waals surface area contributed by atoms with Gasteiger partial charge in [0.1, 0.15) is 5.78 Å². The van der Waals surface area contributed by atoms with Gasteiger partial charge in [0.15, 0.2) is 0 Å². The van der Waals surface area contributed by atoms with Crippen LogP contribution in [0.3, 0.4) is 0 Å². The van der Waals surface area contributed by atoms with Crippen molar-refractivity contribution in [1.82, 2.24) is 5.43 Å². The highest BCUT2D eigenvalue weighted by Gasteiger charge is 2.05. The van der Waals surface area contributed by atoms with Gasteiger partial charge in [-0.05, 0) is 6.42 Å². The third-order valence-corrected chi connectivity index (χ3v) is 4.85. The van der Waals surface area contributed by atoms with Crippen molar-refractivity contribution < 1.29 is 9.59 Å². The van der Waals surface area contributed by atoms with Crippen molar-refractivity contribution in [1.29, 1.82) is 0 Å². The van der Waals surface area contributed by atoms with Gasteiger partial charge in [-0.3, -0.25) is 15.0 Å². The molecule has 0 aliphatic carbocycles. The van der Waals surface area contributed by atoms with E-state index in [4.69, 9.17) is 5.84 Å². The minimum atomic E-state index is -0.259. The molecule has 0 aromatic rings. The van der Waals surface area contributed by atoms with Gasteiger partial charge in [-0.15, -0.1) is 0 Å². The number of amides is 1. The highest BCUT2D eigenvalue weighted by atomic mass is 16.2. The summed E-state index contributed by atoms with van der Waals surface area (Å²) in [6, 6.07) is 0. The van der Waals surface area contributed by atoms with Crippen LogP contribution in [-0.4, -0.2) is 11.7 Å². The molecule has 4 heteroatoms. The lowest BCUT2D eigenvalue weighted by atomic mass is 10.0. The van der Waals surface area contributed by atoms with E-state index in [0.29, 0.717) is 12.8 Å². The van der Waals surface area contributed by atoms with Crippen molar-refractivity contribution in [2.45, 2.75) is 122 Å². The maximum atomic E-state index is 11.6. The van der Waals surface area contributed by atoms with Crippen LogP contribution in [0.2, 0.25) is 0 Å². The van der Waals surface area contributed by atoms with Gasteiger partial charge in [0, 0.05) is 19.3 Å². The number of unbranched alkanes of at least 4 members (excludes halogenated alkanes) is 14. The summed E-state index contributed by atoms with van der Waals surface area (Å²) in [7, 11) is 0. The summed E-state index contributed by atoms with van der Waals surface area (Å²) in [5, 5.41) is 0. The molecule has 0 saturated carbocycles. The molecule has 0 aliphatic rings. The number of carbonyl (C=O) groups is 2. The molecule has 0 spiro atoms. The minimum absolute atomic E-state index is 0.179. The Balaban J connectivity index is 3.14. The first-order valence-corrected chi connectivity index (χ1v) is 10.7. The lowest BCUT2D eigenvalue weighted by Crippen LogP contribution is -2.30. The van der Waals surface area contributed by atoms with E-state index >= 15 is 0 Å². The van der Waals surface area contributed by atoms with Crippen LogP contribution in [0.1, 0.15) is 122 Å². The van der Waals surface area contributed by atoms with Gasteiger partial charge in [-0.1, -0.05) is 96.8 Å². The molecule has 0 fully saturated rings. The Morgan fingerprint density at radius 3 is 1.40 bits per heavy atom. The maximum Gasteiger partial charge on any atom is 0.234 e. The summed E-state index contributed by atoms with van der Waals surface area (Å²) < 4.78 is 0. The lowest BCUT2D eigenvalue weighted by molar-refractivity contribution is -0.125. The molecule has 0 aromatic carbocycles. The van der Waals surface area contributed by atoms with E-state index in [2.05, 4.69) is 12.3 Å². The molecule has 148 valence electrons. The Morgan fingerprint density at radius 2 is 1.00 bits per heavy atom. The van der Waals surface area contributed by atoms with Crippen LogP contribution in [0.15, 0.2) is 0 Å². The smallest absolute Gasteiger partial charge is 0.234 e. The van der Waals surface area contributed by atoms with Gasteiger partial charge in [0.25, 0.3) is 0 Å². The van der Waals surface area contributed by atoms with Gasteiger partial charge in [0.05, 0.1) is 0 Å². The maximum absolute atomic E-state index is 11.6. The fraction of sp³-hybridized carbons (Fsp3) is 0.905. The minimum Gasteiger partial charge on any atom is -0.300 e. The third kappa shape index (κ3) is 19.3. The monoisotopic (exact) mass is 354 g/mol. The van der Waals surface area contributed by atoms with E-state index in [0.717, 1.165) is 12.8 Å². The van der Waals surface area contributed by atoms with Crippen molar-refractivity contribution in [3.8, 4) is 0 Å². The van der Waals surface area contributed by atoms with Crippen LogP contribution < -0.4 is 11.3 Å². The molecule has 0 radical (unpaired) electrons. The van der Waals surface area contributed by atoms with E-state index in [1.165, 1.54) is 83.5 Å². The first kappa shape index (κ1) is 24.1. The number of nitrogens with one attached hydrogen (secondary N) is 1. The van der Waals surface area contributed by atoms with Gasteiger partial charge in [-0.25, -0.2) is 5.84 Å². The predicted molar refractivity (Wildman–Crippen MR) is 106 cm³/mol. The van der Waals surface area contributed by atoms with Crippen molar-refractivity contribution in [3.05, 3.63) is 0 Å². The largest absolute Gasteiger partial charge is 0.300 e. The molecule has 0 atom stereocenters. The Kier molecular flexibility index (Phi) is 18.7. The lowest BCUT2D eigenvalue weighted by Gasteiger charge is -2.03. The number of ketones is 1. The van der Waals surface area contributed by atoms with Crippen LogP contribution in [0.5, 0.6) is 0 Å². The van der Waals surface area contributed by atoms with Crippen LogP contribution in [-0.2, 0) is 9.59 Å². The predicted octanol–water partition coefficient (Wildman–Crippen LogP) is 5.59. The van der Waals surface area contributed by atoms with Gasteiger partial charge in [0.2, 0.25) is 5.91 Å². The van der Waals surface area contributed by atoms with Crippen molar-refractivity contribution >= 4 is 11.7 Å². The van der Waals surface area contributed by atoms with Gasteiger partial charge < -0.3 is 0 Å². The molecule has 1 amide bonds. The van der Waals surface area contributed by atoms with Crippen molar-refractivity contribution in [3.63, 3.8) is 0 Å². The van der Waals surface area contributed by atoms with E-state index < -0.39 is 0 Å². The van der Waals surface area contributed by atoms with E-state index in [1.54, 1.807) is 0 Å². The molecule has 0 heterocycles. The Bertz CT molecular complexity index is 319. The number of hydrogen-bond donors (Lipinski definition) is 2. The summed E-state index contributed by atoms with van der Waals surface area (Å²) >= 11 is 0. The summed E-state index contributed by atoms with van der Waals surface area (Å²) in [4.78, 5) is 22.5. The zero-order valence-electron chi connectivity index (χ0n) is 16.6. The summed E-state index contributed by atoms with van der Waals surface area (Å²) in [5.74, 6) is 4.90. The standard InChI is InChI=1S/C21H42N2O2/c1-2-3-4-5-6-7-8-9-10-11-12-13-14-15-16-17-20(24)18-19-21(25)23-22/h2-19,22H2,1H3,(H,23,25). The summed E-state index contributed by atoms with van der Waals surface area (Å²) in [5.41, 5.74) is 2.05. The first-order valence-electron chi connectivity index (χ1n) is 10.7. The number of nitrogens with two attached hydrogens (primary N) is 1. The number of carbonyl (C=O) groups excluding carboxylic acids is 2. The summed E-state index contributed by atoms with van der Waals surface area (Å²) in [6.07, 6.45) is 21.1. The Hall–Kier alpha value is -0.900. The number of hydrazine groups is 1. The number of rotatable bonds is 19. The molecule has 0 saturated heterocycles. The molecule has 4 nitrogen and oxygen atoms in total. The Labute approximate surface area is 155 Å². The molecule has 25 heavy (non-hydrogen) atoms. The average Bonchev–Trinajstić information content (AvgIpc) is 2.62. The van der Waals surface area contributed by atoms with Crippen LogP contribution in [0, 0.1) is 0 Å². The highest BCUT2D eigenvalue weighted by molar-refractivity contribution is 5.84. The van der Waals surface area contributed by atoms with E-state index in [-0.39, 0.29) is 18.1 Å². The van der Waals surface area contributed by atoms with Crippen LogP contribution in [0.4, 0.5) is 0 Å². The number of hydrogen-bond acceptors (Lipinski definition) is 3. The van der Waals surface area contributed by atoms with Gasteiger partial charge >= 0.3 is 0 Å². The number of Topliss-reactive ketones (excluding diaryl/α,β-unsaturated/α-hetero) is 1. The quantitative estimate of drug-likeness (QED) is 0.137. The van der Waals surface area contributed by atoms with E-state index in [9.17, 15) is 9.59 Å². The molecular weight excluding hydrogens is 312 g/mol. The fourth-order valence-electron chi connectivity index (χ4n) is 3.14. The second kappa shape index (κ2) is 19.4. The molecular formula is C21H42N2O2. The molecule has 3 N–H and O–H groups in total. The fourth-order valence-corrected chi connectivity index (χ4v) is 3.14. The van der Waals surface area contributed by atoms with Gasteiger partial charge in [-0.2, -0.15) is 0 Å². The molecule has 0 rings (SSSR count). The second-order valence-corrected chi connectivity index (χ2v) is 7.31. The second-order valence-electron chi connectivity index (χ2n) is 7.31. The highest BCUT2D eigenvalue weighted by Crippen LogP contribution is 2.14. The summed E-state index contributed by atoms with van der Waals surface area (Å²) in [6.45, 7) is 2.27. The van der Waals surface area contributed by atoms with Crippen LogP contribution in [0.25, 0.3) is 0 Å². The van der Waals surface area contributed by atoms with Crippen molar-refractivity contribution in [2.24, 2.45) is 5.84 Å². The van der Waals surface area contributed by atoms with Crippen molar-refractivity contribution in [2.75, 3.05) is 0 Å². The molecule has 0 aromatic heterocycles. The molecule has 0 bridgehead atoms. The zero-order chi connectivity index (χ0) is 18.6. The van der Waals surface area contributed by atoms with E-state index in [1.807, 2.05) is 0 Å². The SMILES string of the molecule is CCCCCCCCCCCCCCCCCC(=O)CCC(=O)NN. The molecule has 0 aliphatic heterocycles. The first-order chi connectivity index (χ1) is 12.2. The third-order valence-electron chi connectivity index (χ3n) is 4.85.